The number of nitrogens with zero attached hydrogens (tertiary/aromatic N) is 1. The molecule has 2 N–H and O–H groups in total. The number of carboxylic acids is 1. The van der Waals surface area contributed by atoms with Gasteiger partial charge in [-0.1, -0.05) is 13.8 Å². The van der Waals surface area contributed by atoms with E-state index in [0.29, 0.717) is 39.1 Å². The molecule has 7 nitrogen and oxygen atoms in total. The van der Waals surface area contributed by atoms with Crippen LogP contribution >= 0.6 is 0 Å². The minimum Gasteiger partial charge on any atom is -0.480 e. The first kappa shape index (κ1) is 19.7. The van der Waals surface area contributed by atoms with E-state index in [4.69, 9.17) is 14.6 Å². The molecule has 0 aliphatic heterocycles. The average molecular weight is 304 g/mol. The fourth-order valence-corrected chi connectivity index (χ4v) is 1.85. The number of ether oxygens (including phenoxy) is 2. The molecular formula is C14H28N2O5. The predicted octanol–water partition coefficient (Wildman–Crippen LogP) is 1.18. The van der Waals surface area contributed by atoms with Gasteiger partial charge >= 0.3 is 12.0 Å². The number of hydrogen-bond acceptors (Lipinski definition) is 4. The van der Waals surface area contributed by atoms with Gasteiger partial charge in [0.2, 0.25) is 0 Å². The lowest BCUT2D eigenvalue weighted by atomic mass is 10.0. The SMILES string of the molecule is COCCCN(CCOC)C(=O)NC(CC(C)C)C(=O)O. The van der Waals surface area contributed by atoms with Gasteiger partial charge in [-0.05, 0) is 18.8 Å². The van der Waals surface area contributed by atoms with Crippen LogP contribution in [0, 0.1) is 5.92 Å². The number of amides is 2. The number of rotatable bonds is 11. The molecule has 0 saturated carbocycles. The maximum Gasteiger partial charge on any atom is 0.326 e. The summed E-state index contributed by atoms with van der Waals surface area (Å²) in [7, 11) is 3.16. The molecule has 0 rings (SSSR count). The van der Waals surface area contributed by atoms with Gasteiger partial charge in [-0.2, -0.15) is 0 Å². The van der Waals surface area contributed by atoms with Crippen molar-refractivity contribution in [2.75, 3.05) is 40.5 Å². The quantitative estimate of drug-likeness (QED) is 0.560. The smallest absolute Gasteiger partial charge is 0.326 e. The van der Waals surface area contributed by atoms with Gasteiger partial charge in [0.1, 0.15) is 6.04 Å². The molecule has 0 aliphatic rings. The van der Waals surface area contributed by atoms with E-state index < -0.39 is 12.0 Å². The van der Waals surface area contributed by atoms with E-state index in [1.165, 1.54) is 0 Å². The van der Waals surface area contributed by atoms with E-state index in [1.807, 2.05) is 13.8 Å². The molecule has 0 aliphatic carbocycles. The van der Waals surface area contributed by atoms with Crippen LogP contribution in [0.25, 0.3) is 0 Å². The number of methoxy groups -OCH3 is 2. The van der Waals surface area contributed by atoms with Gasteiger partial charge in [0.15, 0.2) is 0 Å². The van der Waals surface area contributed by atoms with Crippen molar-refractivity contribution in [3.05, 3.63) is 0 Å². The topological polar surface area (TPSA) is 88.1 Å². The number of carboxylic acid groups (broad SMARTS) is 1. The Labute approximate surface area is 126 Å². The van der Waals surface area contributed by atoms with Crippen LogP contribution in [0.2, 0.25) is 0 Å². The van der Waals surface area contributed by atoms with Crippen molar-refractivity contribution < 1.29 is 24.2 Å². The van der Waals surface area contributed by atoms with E-state index in [2.05, 4.69) is 5.32 Å². The largest absolute Gasteiger partial charge is 0.480 e. The average Bonchev–Trinajstić information content (AvgIpc) is 2.41. The van der Waals surface area contributed by atoms with Crippen LogP contribution in [0.4, 0.5) is 4.79 Å². The molecule has 0 aromatic carbocycles. The Bertz CT molecular complexity index is 310. The Morgan fingerprint density at radius 1 is 1.14 bits per heavy atom. The highest BCUT2D eigenvalue weighted by molar-refractivity contribution is 5.82. The summed E-state index contributed by atoms with van der Waals surface area (Å²) in [5.41, 5.74) is 0. The molecule has 0 fully saturated rings. The fraction of sp³-hybridized carbons (Fsp3) is 0.857. The Hall–Kier alpha value is -1.34. The van der Waals surface area contributed by atoms with Gasteiger partial charge in [0.05, 0.1) is 6.61 Å². The molecule has 0 bridgehead atoms. The molecule has 0 heterocycles. The van der Waals surface area contributed by atoms with Crippen LogP contribution < -0.4 is 5.32 Å². The molecule has 0 aromatic rings. The van der Waals surface area contributed by atoms with E-state index in [9.17, 15) is 9.59 Å². The molecule has 21 heavy (non-hydrogen) atoms. The van der Waals surface area contributed by atoms with Crippen molar-refractivity contribution in [1.82, 2.24) is 10.2 Å². The minimum absolute atomic E-state index is 0.187. The maximum atomic E-state index is 12.2. The lowest BCUT2D eigenvalue weighted by Crippen LogP contribution is -2.49. The van der Waals surface area contributed by atoms with E-state index in [1.54, 1.807) is 19.1 Å². The van der Waals surface area contributed by atoms with Crippen LogP contribution in [0.15, 0.2) is 0 Å². The number of aliphatic carboxylic acids is 1. The van der Waals surface area contributed by atoms with Crippen LogP contribution in [-0.2, 0) is 14.3 Å². The second kappa shape index (κ2) is 11.3. The Morgan fingerprint density at radius 2 is 1.76 bits per heavy atom. The fourth-order valence-electron chi connectivity index (χ4n) is 1.85. The summed E-state index contributed by atoms with van der Waals surface area (Å²) in [6.07, 6.45) is 1.09. The zero-order valence-electron chi connectivity index (χ0n) is 13.4. The van der Waals surface area contributed by atoms with E-state index >= 15 is 0 Å². The zero-order chi connectivity index (χ0) is 16.3. The van der Waals surface area contributed by atoms with Gasteiger partial charge < -0.3 is 24.8 Å². The lowest BCUT2D eigenvalue weighted by Gasteiger charge is -2.25. The number of nitrogens with one attached hydrogen (secondary N) is 1. The van der Waals surface area contributed by atoms with Crippen LogP contribution in [0.3, 0.4) is 0 Å². The number of urea groups is 1. The maximum absolute atomic E-state index is 12.2. The highest BCUT2D eigenvalue weighted by Gasteiger charge is 2.23. The standard InChI is InChI=1S/C14H28N2O5/c1-11(2)10-12(13(17)18)15-14(19)16(7-9-21-4)6-5-8-20-3/h11-12H,5-10H2,1-4H3,(H,15,19)(H,17,18). The lowest BCUT2D eigenvalue weighted by molar-refractivity contribution is -0.139. The van der Waals surface area contributed by atoms with Gasteiger partial charge in [-0.25, -0.2) is 9.59 Å². The van der Waals surface area contributed by atoms with Crippen molar-refractivity contribution in [3.63, 3.8) is 0 Å². The third-order valence-corrected chi connectivity index (χ3v) is 2.93. The summed E-state index contributed by atoms with van der Waals surface area (Å²) in [6.45, 7) is 5.71. The summed E-state index contributed by atoms with van der Waals surface area (Å²) in [5.74, 6) is -0.826. The Balaban J connectivity index is 4.55. The Kier molecular flexibility index (Phi) is 10.6. The van der Waals surface area contributed by atoms with Crippen LogP contribution in [0.1, 0.15) is 26.7 Å². The zero-order valence-corrected chi connectivity index (χ0v) is 13.4. The third-order valence-electron chi connectivity index (χ3n) is 2.93. The summed E-state index contributed by atoms with van der Waals surface area (Å²) in [6, 6.07) is -1.25. The van der Waals surface area contributed by atoms with Crippen molar-refractivity contribution in [2.24, 2.45) is 5.92 Å². The highest BCUT2D eigenvalue weighted by Crippen LogP contribution is 2.06. The molecule has 0 spiro atoms. The minimum atomic E-state index is -1.01. The van der Waals surface area contributed by atoms with Gasteiger partial charge in [0.25, 0.3) is 0 Å². The molecule has 124 valence electrons. The number of hydrogen-bond donors (Lipinski definition) is 2. The van der Waals surface area contributed by atoms with E-state index in [-0.39, 0.29) is 11.9 Å². The van der Waals surface area contributed by atoms with Crippen molar-refractivity contribution >= 4 is 12.0 Å². The van der Waals surface area contributed by atoms with Gasteiger partial charge in [-0.15, -0.1) is 0 Å². The number of carbonyl (C=O) groups is 2. The summed E-state index contributed by atoms with van der Waals surface area (Å²) >= 11 is 0. The second-order valence-electron chi connectivity index (χ2n) is 5.30. The van der Waals surface area contributed by atoms with Crippen molar-refractivity contribution in [1.29, 1.82) is 0 Å². The molecule has 2 amide bonds. The molecule has 0 aromatic heterocycles. The van der Waals surface area contributed by atoms with Gasteiger partial charge in [-0.3, -0.25) is 0 Å². The normalized spacial score (nSPS) is 12.2. The van der Waals surface area contributed by atoms with Crippen LogP contribution in [0.5, 0.6) is 0 Å². The monoisotopic (exact) mass is 304 g/mol. The van der Waals surface area contributed by atoms with Crippen molar-refractivity contribution in [2.45, 2.75) is 32.7 Å². The first-order valence-electron chi connectivity index (χ1n) is 7.18. The molecule has 7 heteroatoms. The van der Waals surface area contributed by atoms with Crippen molar-refractivity contribution in [3.8, 4) is 0 Å². The van der Waals surface area contributed by atoms with Gasteiger partial charge in [0, 0.05) is 33.9 Å². The third kappa shape index (κ3) is 9.25. The molecule has 1 atom stereocenters. The highest BCUT2D eigenvalue weighted by atomic mass is 16.5. The predicted molar refractivity (Wildman–Crippen MR) is 79.4 cm³/mol. The molecule has 0 radical (unpaired) electrons. The molecule has 0 saturated heterocycles. The summed E-state index contributed by atoms with van der Waals surface area (Å²) < 4.78 is 9.94. The molecular weight excluding hydrogens is 276 g/mol. The number of carbonyl (C=O) groups excluding carboxylic acids is 1. The first-order chi connectivity index (χ1) is 9.92. The van der Waals surface area contributed by atoms with Crippen LogP contribution in [-0.4, -0.2) is 68.6 Å². The summed E-state index contributed by atoms with van der Waals surface area (Å²) in [5, 5.41) is 11.7. The Morgan fingerprint density at radius 3 is 2.24 bits per heavy atom. The summed E-state index contributed by atoms with van der Waals surface area (Å²) in [4.78, 5) is 24.9. The second-order valence-corrected chi connectivity index (χ2v) is 5.30. The first-order valence-corrected chi connectivity index (χ1v) is 7.18. The molecule has 1 unspecified atom stereocenters. The van der Waals surface area contributed by atoms with E-state index in [0.717, 1.165) is 0 Å².